The molecule has 10 heavy (non-hydrogen) atoms. The quantitative estimate of drug-likeness (QED) is 0.571. The lowest BCUT2D eigenvalue weighted by Crippen LogP contribution is -1.85. The Kier molecular flexibility index (Phi) is 2.49. The van der Waals surface area contributed by atoms with E-state index in [9.17, 15) is 0 Å². The molecule has 1 unspecified atom stereocenters. The molecule has 1 aromatic heterocycles. The molecule has 0 radical (unpaired) electrons. The average molecular weight is 172 g/mol. The van der Waals surface area contributed by atoms with Crippen LogP contribution in [0.5, 0.6) is 0 Å². The highest BCUT2D eigenvalue weighted by Gasteiger charge is 2.05. The highest BCUT2D eigenvalue weighted by atomic mass is 32.1. The zero-order valence-electron chi connectivity index (χ0n) is 6.64. The van der Waals surface area contributed by atoms with E-state index in [2.05, 4.69) is 36.1 Å². The van der Waals surface area contributed by atoms with E-state index in [-0.39, 0.29) is 0 Å². The van der Waals surface area contributed by atoms with Crippen molar-refractivity contribution in [2.24, 2.45) is 0 Å². The van der Waals surface area contributed by atoms with Gasteiger partial charge in [-0.05, 0) is 24.5 Å². The van der Waals surface area contributed by atoms with Crippen molar-refractivity contribution in [3.8, 4) is 0 Å². The molecule has 1 heterocycles. The highest BCUT2D eigenvalue weighted by molar-refractivity contribution is 7.43. The predicted molar refractivity (Wildman–Crippen MR) is 52.5 cm³/mol. The van der Waals surface area contributed by atoms with Crippen LogP contribution < -0.4 is 4.62 Å². The van der Waals surface area contributed by atoms with Gasteiger partial charge in [0.15, 0.2) is 0 Å². The Bertz CT molecular complexity index is 225. The molecule has 0 nitrogen and oxygen atoms in total. The standard InChI is InChI=1S/C8H13PS/c1-5(2)7-4-8(9)10-6(7)3/h4-5H,9H2,1-3H3. The molecule has 0 amide bonds. The molecule has 2 heteroatoms. The lowest BCUT2D eigenvalue weighted by molar-refractivity contribution is 0.865. The molecule has 1 atom stereocenters. The monoisotopic (exact) mass is 172 g/mol. The fraction of sp³-hybridized carbons (Fsp3) is 0.500. The first-order chi connectivity index (χ1) is 4.61. The van der Waals surface area contributed by atoms with Gasteiger partial charge in [0, 0.05) is 9.50 Å². The number of thiophene rings is 1. The Morgan fingerprint density at radius 1 is 1.50 bits per heavy atom. The van der Waals surface area contributed by atoms with Crippen molar-refractivity contribution in [2.75, 3.05) is 0 Å². The average Bonchev–Trinajstić information content (AvgIpc) is 2.10. The maximum Gasteiger partial charge on any atom is 0.0222 e. The minimum Gasteiger partial charge on any atom is -0.141 e. The molecule has 1 rings (SSSR count). The van der Waals surface area contributed by atoms with Gasteiger partial charge in [-0.1, -0.05) is 23.1 Å². The molecule has 0 aromatic carbocycles. The van der Waals surface area contributed by atoms with Gasteiger partial charge in [-0.25, -0.2) is 0 Å². The van der Waals surface area contributed by atoms with E-state index in [1.165, 1.54) is 15.1 Å². The van der Waals surface area contributed by atoms with Crippen LogP contribution in [0, 0.1) is 6.92 Å². The Balaban J connectivity index is 3.03. The van der Waals surface area contributed by atoms with Crippen LogP contribution in [-0.4, -0.2) is 0 Å². The van der Waals surface area contributed by atoms with Crippen LogP contribution in [0.1, 0.15) is 30.2 Å². The van der Waals surface area contributed by atoms with Crippen LogP contribution >= 0.6 is 20.6 Å². The van der Waals surface area contributed by atoms with Crippen molar-refractivity contribution >= 4 is 25.2 Å². The summed E-state index contributed by atoms with van der Waals surface area (Å²) in [5.41, 5.74) is 1.50. The number of aryl methyl sites for hydroxylation is 1. The first-order valence-corrected chi connectivity index (χ1v) is 4.86. The van der Waals surface area contributed by atoms with E-state index >= 15 is 0 Å². The fourth-order valence-corrected chi connectivity index (χ4v) is 2.76. The van der Waals surface area contributed by atoms with Gasteiger partial charge in [0.25, 0.3) is 0 Å². The van der Waals surface area contributed by atoms with E-state index in [0.29, 0.717) is 5.92 Å². The Hall–Kier alpha value is 0.130. The summed E-state index contributed by atoms with van der Waals surface area (Å²) < 4.78 is 1.35. The summed E-state index contributed by atoms with van der Waals surface area (Å²) >= 11 is 1.86. The molecule has 56 valence electrons. The van der Waals surface area contributed by atoms with Crippen LogP contribution in [-0.2, 0) is 0 Å². The summed E-state index contributed by atoms with van der Waals surface area (Å²) in [6.07, 6.45) is 0. The molecule has 0 saturated carbocycles. The third-order valence-electron chi connectivity index (χ3n) is 1.60. The second-order valence-electron chi connectivity index (χ2n) is 2.81. The highest BCUT2D eigenvalue weighted by Crippen LogP contribution is 2.23. The van der Waals surface area contributed by atoms with Gasteiger partial charge >= 0.3 is 0 Å². The zero-order chi connectivity index (χ0) is 7.72. The van der Waals surface area contributed by atoms with Crippen LogP contribution in [0.2, 0.25) is 0 Å². The summed E-state index contributed by atoms with van der Waals surface area (Å²) in [5.74, 6) is 0.672. The molecule has 0 spiro atoms. The first kappa shape index (κ1) is 8.23. The molecule has 0 aliphatic heterocycles. The maximum absolute atomic E-state index is 2.75. The van der Waals surface area contributed by atoms with Gasteiger partial charge in [0.2, 0.25) is 0 Å². The Morgan fingerprint density at radius 3 is 2.30 bits per heavy atom. The second kappa shape index (κ2) is 3.02. The SMILES string of the molecule is Cc1sc(P)cc1C(C)C. The lowest BCUT2D eigenvalue weighted by atomic mass is 10.1. The largest absolute Gasteiger partial charge is 0.141 e. The van der Waals surface area contributed by atoms with Gasteiger partial charge in [-0.2, -0.15) is 0 Å². The van der Waals surface area contributed by atoms with E-state index in [1.54, 1.807) is 0 Å². The van der Waals surface area contributed by atoms with Gasteiger partial charge in [0.1, 0.15) is 0 Å². The normalized spacial score (nSPS) is 10.9. The summed E-state index contributed by atoms with van der Waals surface area (Å²) in [6.45, 7) is 6.66. The van der Waals surface area contributed by atoms with Crippen molar-refractivity contribution in [3.05, 3.63) is 16.5 Å². The summed E-state index contributed by atoms with van der Waals surface area (Å²) in [5, 5.41) is 0. The van der Waals surface area contributed by atoms with Crippen LogP contribution in [0.25, 0.3) is 0 Å². The number of hydrogen-bond donors (Lipinski definition) is 0. The molecule has 0 bridgehead atoms. The van der Waals surface area contributed by atoms with E-state index in [1.807, 2.05) is 11.3 Å². The van der Waals surface area contributed by atoms with Gasteiger partial charge in [-0.15, -0.1) is 11.3 Å². The van der Waals surface area contributed by atoms with Crippen molar-refractivity contribution in [1.29, 1.82) is 0 Å². The summed E-state index contributed by atoms with van der Waals surface area (Å²) in [6, 6.07) is 2.26. The number of rotatable bonds is 1. The molecule has 0 fully saturated rings. The van der Waals surface area contributed by atoms with Crippen molar-refractivity contribution < 1.29 is 0 Å². The molecule has 0 aliphatic carbocycles. The third-order valence-corrected chi connectivity index (χ3v) is 3.01. The third kappa shape index (κ3) is 1.59. The van der Waals surface area contributed by atoms with Gasteiger partial charge < -0.3 is 0 Å². The maximum atomic E-state index is 2.75. The van der Waals surface area contributed by atoms with Crippen LogP contribution in [0.3, 0.4) is 0 Å². The van der Waals surface area contributed by atoms with Crippen molar-refractivity contribution in [1.82, 2.24) is 0 Å². The predicted octanol–water partition coefficient (Wildman–Crippen LogP) is 2.68. The second-order valence-corrected chi connectivity index (χ2v) is 5.14. The van der Waals surface area contributed by atoms with E-state index in [0.717, 1.165) is 0 Å². The topological polar surface area (TPSA) is 0 Å². The Morgan fingerprint density at radius 2 is 2.10 bits per heavy atom. The van der Waals surface area contributed by atoms with Crippen molar-refractivity contribution in [3.63, 3.8) is 0 Å². The van der Waals surface area contributed by atoms with Gasteiger partial charge in [-0.3, -0.25) is 0 Å². The Labute approximate surface area is 68.9 Å². The molecular formula is C8H13PS. The minimum absolute atomic E-state index is 0.672. The molecule has 0 N–H and O–H groups in total. The van der Waals surface area contributed by atoms with Gasteiger partial charge in [0.05, 0.1) is 0 Å². The molecule has 0 saturated heterocycles. The lowest BCUT2D eigenvalue weighted by Gasteiger charge is -2.00. The van der Waals surface area contributed by atoms with Crippen LogP contribution in [0.4, 0.5) is 0 Å². The minimum atomic E-state index is 0.672. The van der Waals surface area contributed by atoms with E-state index in [4.69, 9.17) is 0 Å². The summed E-state index contributed by atoms with van der Waals surface area (Å²) in [7, 11) is 2.75. The fourth-order valence-electron chi connectivity index (χ4n) is 1.09. The van der Waals surface area contributed by atoms with Crippen molar-refractivity contribution in [2.45, 2.75) is 26.7 Å². The zero-order valence-corrected chi connectivity index (χ0v) is 8.61. The smallest absolute Gasteiger partial charge is 0.0222 e. The van der Waals surface area contributed by atoms with E-state index < -0.39 is 0 Å². The van der Waals surface area contributed by atoms with Crippen LogP contribution in [0.15, 0.2) is 6.07 Å². The molecular weight excluding hydrogens is 159 g/mol. The summed E-state index contributed by atoms with van der Waals surface area (Å²) in [4.78, 5) is 1.46. The molecule has 1 aromatic rings. The number of hydrogen-bond acceptors (Lipinski definition) is 1. The molecule has 0 aliphatic rings. The first-order valence-electron chi connectivity index (χ1n) is 3.47.